The fourth-order valence-corrected chi connectivity index (χ4v) is 1.65. The zero-order valence-corrected chi connectivity index (χ0v) is 11.2. The highest BCUT2D eigenvalue weighted by atomic mass is 35.5. The SMILES string of the molecule is CC(C)NCC(=O)NC(C)c1cccc(Cl)c1. The van der Waals surface area contributed by atoms with Crippen molar-refractivity contribution < 1.29 is 4.79 Å². The van der Waals surface area contributed by atoms with Crippen molar-refractivity contribution in [1.82, 2.24) is 10.6 Å². The van der Waals surface area contributed by atoms with Gasteiger partial charge in [-0.05, 0) is 24.6 Å². The molecule has 4 heteroatoms. The maximum atomic E-state index is 11.6. The Hall–Kier alpha value is -1.06. The molecular weight excluding hydrogens is 236 g/mol. The van der Waals surface area contributed by atoms with Crippen LogP contribution in [-0.2, 0) is 4.79 Å². The van der Waals surface area contributed by atoms with Gasteiger partial charge in [-0.15, -0.1) is 0 Å². The van der Waals surface area contributed by atoms with Crippen molar-refractivity contribution >= 4 is 17.5 Å². The molecule has 0 aliphatic heterocycles. The first-order valence-electron chi connectivity index (χ1n) is 5.77. The number of amides is 1. The van der Waals surface area contributed by atoms with Gasteiger partial charge in [0.2, 0.25) is 5.91 Å². The third kappa shape index (κ3) is 5.20. The van der Waals surface area contributed by atoms with Gasteiger partial charge in [0.15, 0.2) is 0 Å². The van der Waals surface area contributed by atoms with Gasteiger partial charge in [-0.1, -0.05) is 37.6 Å². The molecule has 1 amide bonds. The van der Waals surface area contributed by atoms with Crippen molar-refractivity contribution in [3.8, 4) is 0 Å². The second kappa shape index (κ2) is 6.62. The number of carbonyl (C=O) groups excluding carboxylic acids is 1. The van der Waals surface area contributed by atoms with E-state index in [1.54, 1.807) is 0 Å². The lowest BCUT2D eigenvalue weighted by Crippen LogP contribution is -2.37. The fraction of sp³-hybridized carbons (Fsp3) is 0.462. The van der Waals surface area contributed by atoms with Crippen LogP contribution in [0, 0.1) is 0 Å². The monoisotopic (exact) mass is 254 g/mol. The molecule has 0 bridgehead atoms. The molecule has 3 nitrogen and oxygen atoms in total. The summed E-state index contributed by atoms with van der Waals surface area (Å²) in [7, 11) is 0. The predicted octanol–water partition coefficient (Wildman–Crippen LogP) is 2.52. The molecule has 0 fully saturated rings. The molecule has 0 heterocycles. The lowest BCUT2D eigenvalue weighted by molar-refractivity contribution is -0.121. The van der Waals surface area contributed by atoms with E-state index < -0.39 is 0 Å². The Morgan fingerprint density at radius 1 is 1.35 bits per heavy atom. The summed E-state index contributed by atoms with van der Waals surface area (Å²) in [6, 6.07) is 7.79. The molecule has 1 atom stereocenters. The minimum Gasteiger partial charge on any atom is -0.348 e. The molecule has 1 aromatic carbocycles. The molecule has 17 heavy (non-hydrogen) atoms. The summed E-state index contributed by atoms with van der Waals surface area (Å²) in [5.41, 5.74) is 1.01. The van der Waals surface area contributed by atoms with Gasteiger partial charge in [-0.25, -0.2) is 0 Å². The normalized spacial score (nSPS) is 12.5. The lowest BCUT2D eigenvalue weighted by Gasteiger charge is -2.15. The van der Waals surface area contributed by atoms with E-state index in [1.807, 2.05) is 45.0 Å². The van der Waals surface area contributed by atoms with Gasteiger partial charge >= 0.3 is 0 Å². The molecule has 0 spiro atoms. The molecule has 1 unspecified atom stereocenters. The first-order valence-corrected chi connectivity index (χ1v) is 6.15. The van der Waals surface area contributed by atoms with Gasteiger partial charge in [0.25, 0.3) is 0 Å². The summed E-state index contributed by atoms with van der Waals surface area (Å²) >= 11 is 5.90. The van der Waals surface area contributed by atoms with Crippen molar-refractivity contribution in [3.05, 3.63) is 34.9 Å². The standard InChI is InChI=1S/C13H19ClN2O/c1-9(2)15-8-13(17)16-10(3)11-5-4-6-12(14)7-11/h4-7,9-10,15H,8H2,1-3H3,(H,16,17). The molecule has 2 N–H and O–H groups in total. The first kappa shape index (κ1) is 14.0. The summed E-state index contributed by atoms with van der Waals surface area (Å²) in [6.45, 7) is 6.29. The number of halogens is 1. The van der Waals surface area contributed by atoms with Crippen LogP contribution in [0.25, 0.3) is 0 Å². The number of nitrogens with one attached hydrogen (secondary N) is 2. The molecule has 0 aliphatic carbocycles. The van der Waals surface area contributed by atoms with E-state index in [1.165, 1.54) is 0 Å². The smallest absolute Gasteiger partial charge is 0.234 e. The summed E-state index contributed by atoms with van der Waals surface area (Å²) < 4.78 is 0. The van der Waals surface area contributed by atoms with E-state index in [9.17, 15) is 4.79 Å². The number of benzene rings is 1. The van der Waals surface area contributed by atoms with E-state index in [0.29, 0.717) is 17.6 Å². The molecule has 0 aliphatic rings. The van der Waals surface area contributed by atoms with Crippen molar-refractivity contribution in [2.24, 2.45) is 0 Å². The second-order valence-corrected chi connectivity index (χ2v) is 4.82. The largest absolute Gasteiger partial charge is 0.348 e. The number of hydrogen-bond acceptors (Lipinski definition) is 2. The minimum absolute atomic E-state index is 0.00817. The summed E-state index contributed by atoms with van der Waals surface area (Å²) in [5, 5.41) is 6.68. The summed E-state index contributed by atoms with van der Waals surface area (Å²) in [6.07, 6.45) is 0. The van der Waals surface area contributed by atoms with Gasteiger partial charge in [0, 0.05) is 11.1 Å². The highest BCUT2D eigenvalue weighted by Gasteiger charge is 2.09. The summed E-state index contributed by atoms with van der Waals surface area (Å²) in [4.78, 5) is 11.6. The molecule has 0 saturated carbocycles. The Bertz CT molecular complexity index is 379. The Kier molecular flexibility index (Phi) is 5.45. The molecule has 0 saturated heterocycles. The van der Waals surface area contributed by atoms with Crippen molar-refractivity contribution in [1.29, 1.82) is 0 Å². The maximum Gasteiger partial charge on any atom is 0.234 e. The Balaban J connectivity index is 2.48. The van der Waals surface area contributed by atoms with Gasteiger partial charge < -0.3 is 10.6 Å². The van der Waals surface area contributed by atoms with Gasteiger partial charge in [-0.3, -0.25) is 4.79 Å². The highest BCUT2D eigenvalue weighted by Crippen LogP contribution is 2.16. The van der Waals surface area contributed by atoms with Crippen molar-refractivity contribution in [2.45, 2.75) is 32.9 Å². The van der Waals surface area contributed by atoms with Crippen LogP contribution in [0.2, 0.25) is 5.02 Å². The van der Waals surface area contributed by atoms with Crippen molar-refractivity contribution in [3.63, 3.8) is 0 Å². The molecule has 0 aromatic heterocycles. The van der Waals surface area contributed by atoms with Crippen molar-refractivity contribution in [2.75, 3.05) is 6.54 Å². The van der Waals surface area contributed by atoms with Gasteiger partial charge in [0.1, 0.15) is 0 Å². The quantitative estimate of drug-likeness (QED) is 0.848. The van der Waals surface area contributed by atoms with Crippen LogP contribution in [0.4, 0.5) is 0 Å². The van der Waals surface area contributed by atoms with Gasteiger partial charge in [-0.2, -0.15) is 0 Å². The van der Waals surface area contributed by atoms with E-state index in [4.69, 9.17) is 11.6 Å². The van der Waals surface area contributed by atoms with E-state index in [0.717, 1.165) is 5.56 Å². The number of carbonyl (C=O) groups is 1. The highest BCUT2D eigenvalue weighted by molar-refractivity contribution is 6.30. The minimum atomic E-state index is -0.0323. The van der Waals surface area contributed by atoms with Crippen LogP contribution in [0.1, 0.15) is 32.4 Å². The van der Waals surface area contributed by atoms with Gasteiger partial charge in [0.05, 0.1) is 12.6 Å². The third-order valence-electron chi connectivity index (χ3n) is 2.40. The van der Waals surface area contributed by atoms with Crippen LogP contribution in [0.5, 0.6) is 0 Å². The Labute approximate surface area is 108 Å². The lowest BCUT2D eigenvalue weighted by atomic mass is 10.1. The Morgan fingerprint density at radius 2 is 2.06 bits per heavy atom. The average Bonchev–Trinajstić information content (AvgIpc) is 2.26. The molecule has 1 aromatic rings. The number of rotatable bonds is 5. The number of hydrogen-bond donors (Lipinski definition) is 2. The van der Waals surface area contributed by atoms with Crippen LogP contribution < -0.4 is 10.6 Å². The zero-order chi connectivity index (χ0) is 12.8. The van der Waals surface area contributed by atoms with Crippen LogP contribution in [0.3, 0.4) is 0 Å². The fourth-order valence-electron chi connectivity index (χ4n) is 1.45. The van der Waals surface area contributed by atoms with Crippen LogP contribution in [0.15, 0.2) is 24.3 Å². The first-order chi connectivity index (χ1) is 7.99. The van der Waals surface area contributed by atoms with Crippen LogP contribution >= 0.6 is 11.6 Å². The predicted molar refractivity (Wildman–Crippen MR) is 71.1 cm³/mol. The molecule has 0 radical (unpaired) electrons. The van der Waals surface area contributed by atoms with E-state index in [2.05, 4.69) is 10.6 Å². The molecule has 94 valence electrons. The zero-order valence-electron chi connectivity index (χ0n) is 10.5. The average molecular weight is 255 g/mol. The summed E-state index contributed by atoms with van der Waals surface area (Å²) in [5.74, 6) is -0.00817. The van der Waals surface area contributed by atoms with E-state index >= 15 is 0 Å². The molecule has 1 rings (SSSR count). The maximum absolute atomic E-state index is 11.6. The molecular formula is C13H19ClN2O. The second-order valence-electron chi connectivity index (χ2n) is 4.38. The topological polar surface area (TPSA) is 41.1 Å². The third-order valence-corrected chi connectivity index (χ3v) is 2.63. The Morgan fingerprint density at radius 3 is 2.65 bits per heavy atom. The van der Waals surface area contributed by atoms with Crippen LogP contribution in [-0.4, -0.2) is 18.5 Å². The van der Waals surface area contributed by atoms with E-state index in [-0.39, 0.29) is 11.9 Å².